The highest BCUT2D eigenvalue weighted by Gasteiger charge is 2.49. The molecule has 1 aliphatic heterocycles. The van der Waals surface area contributed by atoms with Crippen LogP contribution >= 0.6 is 0 Å². The van der Waals surface area contributed by atoms with Crippen molar-refractivity contribution in [2.24, 2.45) is 5.41 Å². The average Bonchev–Trinajstić information content (AvgIpc) is 2.92. The van der Waals surface area contributed by atoms with E-state index < -0.39 is 27.3 Å². The van der Waals surface area contributed by atoms with Crippen LogP contribution in [0, 0.1) is 5.41 Å². The predicted molar refractivity (Wildman–Crippen MR) is 153 cm³/mol. The van der Waals surface area contributed by atoms with Crippen LogP contribution in [0.1, 0.15) is 69.4 Å². The lowest BCUT2D eigenvalue weighted by Crippen LogP contribution is -2.43. The molecule has 37 heavy (non-hydrogen) atoms. The molecule has 0 bridgehead atoms. The van der Waals surface area contributed by atoms with E-state index in [9.17, 15) is 13.5 Å². The van der Waals surface area contributed by atoms with E-state index in [1.807, 2.05) is 69.5 Å². The first-order valence-electron chi connectivity index (χ1n) is 13.6. The number of aliphatic hydroxyl groups excluding tert-OH is 1. The van der Waals surface area contributed by atoms with Crippen molar-refractivity contribution in [2.45, 2.75) is 69.3 Å². The Kier molecular flexibility index (Phi) is 10.1. The van der Waals surface area contributed by atoms with Crippen LogP contribution in [0.3, 0.4) is 0 Å². The molecule has 1 aliphatic rings. The van der Waals surface area contributed by atoms with E-state index in [-0.39, 0.29) is 5.75 Å². The Hall–Kier alpha value is -2.09. The summed E-state index contributed by atoms with van der Waals surface area (Å²) in [5.74, 6) is 0.307. The van der Waals surface area contributed by atoms with Gasteiger partial charge in [-0.2, -0.15) is 0 Å². The molecule has 0 unspecified atom stereocenters. The molecule has 3 rings (SSSR count). The molecule has 0 fully saturated rings. The summed E-state index contributed by atoms with van der Waals surface area (Å²) in [7, 11) is 4.32. The Morgan fingerprint density at radius 3 is 2.14 bits per heavy atom. The SMILES string of the molecule is CCCCC1(CCCC)CS(=O)(=O)c2ccc(N(C)C)cc2[C@@H](c2ccc(OCCN(C)C)cc2)[C@H]1O. The summed E-state index contributed by atoms with van der Waals surface area (Å²) < 4.78 is 33.7. The lowest BCUT2D eigenvalue weighted by molar-refractivity contribution is 0.0127. The molecular formula is C30H46N2O4S. The molecule has 1 N–H and O–H groups in total. The Morgan fingerprint density at radius 2 is 1.59 bits per heavy atom. The van der Waals surface area contributed by atoms with Gasteiger partial charge >= 0.3 is 0 Å². The van der Waals surface area contributed by atoms with Gasteiger partial charge in [0.05, 0.1) is 16.8 Å². The van der Waals surface area contributed by atoms with Crippen LogP contribution in [0.5, 0.6) is 5.75 Å². The van der Waals surface area contributed by atoms with Crippen LogP contribution < -0.4 is 9.64 Å². The van der Waals surface area contributed by atoms with Gasteiger partial charge < -0.3 is 19.6 Å². The molecule has 6 nitrogen and oxygen atoms in total. The number of nitrogens with zero attached hydrogens (tertiary/aromatic N) is 2. The van der Waals surface area contributed by atoms with Gasteiger partial charge in [-0.1, -0.05) is 51.7 Å². The van der Waals surface area contributed by atoms with Gasteiger partial charge in [-0.15, -0.1) is 0 Å². The molecule has 0 spiro atoms. The number of hydrogen-bond acceptors (Lipinski definition) is 6. The zero-order valence-electron chi connectivity index (χ0n) is 23.5. The van der Waals surface area contributed by atoms with Crippen LogP contribution in [-0.4, -0.2) is 71.6 Å². The quantitative estimate of drug-likeness (QED) is 0.400. The molecule has 0 aromatic heterocycles. The van der Waals surface area contributed by atoms with E-state index >= 15 is 0 Å². The number of rotatable bonds is 12. The third-order valence-corrected chi connectivity index (χ3v) is 9.70. The minimum atomic E-state index is -3.60. The molecule has 0 saturated carbocycles. The van der Waals surface area contributed by atoms with Crippen molar-refractivity contribution in [1.82, 2.24) is 4.90 Å². The van der Waals surface area contributed by atoms with Crippen molar-refractivity contribution in [2.75, 3.05) is 52.0 Å². The number of hydrogen-bond donors (Lipinski definition) is 1. The van der Waals surface area contributed by atoms with Crippen molar-refractivity contribution >= 4 is 15.5 Å². The molecule has 0 amide bonds. The van der Waals surface area contributed by atoms with Crippen LogP contribution in [0.15, 0.2) is 47.4 Å². The van der Waals surface area contributed by atoms with Gasteiger partial charge in [0.2, 0.25) is 0 Å². The summed E-state index contributed by atoms with van der Waals surface area (Å²) in [5, 5.41) is 12.2. The summed E-state index contributed by atoms with van der Waals surface area (Å²) >= 11 is 0. The fourth-order valence-electron chi connectivity index (χ4n) is 5.51. The number of fused-ring (bicyclic) bond motifs is 1. The number of anilines is 1. The van der Waals surface area contributed by atoms with Crippen molar-refractivity contribution in [1.29, 1.82) is 0 Å². The molecule has 2 atom stereocenters. The largest absolute Gasteiger partial charge is 0.492 e. The first-order valence-corrected chi connectivity index (χ1v) is 15.3. The Morgan fingerprint density at radius 1 is 0.973 bits per heavy atom. The number of ether oxygens (including phenoxy) is 1. The number of aliphatic hydroxyl groups is 1. The molecule has 1 heterocycles. The Balaban J connectivity index is 2.16. The highest BCUT2D eigenvalue weighted by atomic mass is 32.2. The van der Waals surface area contributed by atoms with Gasteiger partial charge in [0.1, 0.15) is 12.4 Å². The highest BCUT2D eigenvalue weighted by Crippen LogP contribution is 2.50. The van der Waals surface area contributed by atoms with Crippen LogP contribution in [0.2, 0.25) is 0 Å². The zero-order valence-corrected chi connectivity index (χ0v) is 24.4. The fourth-order valence-corrected chi connectivity index (χ4v) is 7.70. The zero-order chi connectivity index (χ0) is 27.2. The van der Waals surface area contributed by atoms with Crippen molar-refractivity contribution in [3.8, 4) is 5.75 Å². The monoisotopic (exact) mass is 530 g/mol. The minimum absolute atomic E-state index is 0.0162. The van der Waals surface area contributed by atoms with Gasteiger partial charge in [0.25, 0.3) is 0 Å². The number of unbranched alkanes of at least 4 members (excludes halogenated alkanes) is 2. The maximum absolute atomic E-state index is 13.9. The van der Waals surface area contributed by atoms with Crippen LogP contribution in [-0.2, 0) is 9.84 Å². The fraction of sp³-hybridized carbons (Fsp3) is 0.600. The van der Waals surface area contributed by atoms with Gasteiger partial charge in [-0.3, -0.25) is 0 Å². The van der Waals surface area contributed by atoms with Crippen molar-refractivity contribution in [3.05, 3.63) is 53.6 Å². The first-order chi connectivity index (χ1) is 17.5. The average molecular weight is 531 g/mol. The number of sulfone groups is 1. The molecule has 2 aromatic carbocycles. The van der Waals surface area contributed by atoms with E-state index in [2.05, 4.69) is 18.7 Å². The highest BCUT2D eigenvalue weighted by molar-refractivity contribution is 7.91. The lowest BCUT2D eigenvalue weighted by Gasteiger charge is -2.40. The standard InChI is InChI=1S/C30H46N2O4S/c1-7-9-17-30(18-10-8-2)22-37(34,35)27-16-13-24(32(5)6)21-26(27)28(29(30)33)23-11-14-25(15-12-23)36-20-19-31(3)4/h11-16,21,28-29,33H,7-10,17-20,22H2,1-6H3/t28-,29-/m1/s1. The van der Waals surface area contributed by atoms with Crippen LogP contribution in [0.25, 0.3) is 0 Å². The summed E-state index contributed by atoms with van der Waals surface area (Å²) in [6, 6.07) is 13.4. The second-order valence-electron chi connectivity index (χ2n) is 11.1. The topological polar surface area (TPSA) is 70.1 Å². The Labute approximate surface area is 224 Å². The number of benzene rings is 2. The van der Waals surface area contributed by atoms with E-state index in [0.29, 0.717) is 29.9 Å². The van der Waals surface area contributed by atoms with Gasteiger partial charge in [0, 0.05) is 37.7 Å². The van der Waals surface area contributed by atoms with E-state index in [0.717, 1.165) is 49.2 Å². The summed E-state index contributed by atoms with van der Waals surface area (Å²) in [6.45, 7) is 5.65. The van der Waals surface area contributed by atoms with Gasteiger partial charge in [-0.05, 0) is 68.4 Å². The van der Waals surface area contributed by atoms with Gasteiger partial charge in [-0.25, -0.2) is 8.42 Å². The summed E-state index contributed by atoms with van der Waals surface area (Å²) in [5.41, 5.74) is 1.83. The second kappa shape index (κ2) is 12.6. The van der Waals surface area contributed by atoms with E-state index in [1.54, 1.807) is 6.07 Å². The van der Waals surface area contributed by atoms with Gasteiger partial charge in [0.15, 0.2) is 9.84 Å². The maximum Gasteiger partial charge on any atom is 0.179 e. The summed E-state index contributed by atoms with van der Waals surface area (Å²) in [4.78, 5) is 4.40. The van der Waals surface area contributed by atoms with Crippen molar-refractivity contribution in [3.63, 3.8) is 0 Å². The lowest BCUT2D eigenvalue weighted by atomic mass is 9.68. The summed E-state index contributed by atoms with van der Waals surface area (Å²) in [6.07, 6.45) is 4.27. The normalized spacial score (nSPS) is 20.3. The predicted octanol–water partition coefficient (Wildman–Crippen LogP) is 5.34. The molecule has 0 aliphatic carbocycles. The second-order valence-corrected chi connectivity index (χ2v) is 13.0. The van der Waals surface area contributed by atoms with E-state index in [4.69, 9.17) is 4.74 Å². The molecule has 2 aromatic rings. The smallest absolute Gasteiger partial charge is 0.179 e. The molecule has 7 heteroatoms. The first kappa shape index (κ1) is 29.5. The number of likely N-dealkylation sites (N-methyl/N-ethyl adjacent to an activating group) is 1. The minimum Gasteiger partial charge on any atom is -0.492 e. The molecule has 206 valence electrons. The molecule has 0 radical (unpaired) electrons. The third-order valence-electron chi connectivity index (χ3n) is 7.70. The molecular weight excluding hydrogens is 484 g/mol. The van der Waals surface area contributed by atoms with Crippen molar-refractivity contribution < 1.29 is 18.3 Å². The molecule has 0 saturated heterocycles. The maximum atomic E-state index is 13.9. The third kappa shape index (κ3) is 6.87. The van der Waals surface area contributed by atoms with Crippen LogP contribution in [0.4, 0.5) is 5.69 Å². The van der Waals surface area contributed by atoms with E-state index in [1.165, 1.54) is 0 Å². The Bertz CT molecular complexity index is 1100.